The van der Waals surface area contributed by atoms with Gasteiger partial charge in [0.05, 0.1) is 10.9 Å². The molecule has 1 aliphatic heterocycles. The molecule has 2 aromatic rings. The van der Waals surface area contributed by atoms with E-state index in [0.717, 1.165) is 25.1 Å². The predicted octanol–water partition coefficient (Wildman–Crippen LogP) is 3.60. The maximum atomic E-state index is 13.0. The molecule has 7 nitrogen and oxygen atoms in total. The molecular weight excluding hydrogens is 388 g/mol. The maximum absolute atomic E-state index is 13.0. The first-order chi connectivity index (χ1) is 13.9. The van der Waals surface area contributed by atoms with Crippen molar-refractivity contribution in [1.29, 1.82) is 0 Å². The van der Waals surface area contributed by atoms with Gasteiger partial charge in [0.1, 0.15) is 0 Å². The number of benzene rings is 1. The highest BCUT2D eigenvalue weighted by atomic mass is 32.2. The molecular formula is C21H32N4O3S. The molecule has 0 N–H and O–H groups in total. The SMILES string of the molecule is CCCc1noc(C(C)N2CCN(S(=O)(=O)c3ccc(C(C)CC)cc3)CC2)n1. The third-order valence-electron chi connectivity index (χ3n) is 5.84. The second-order valence-corrected chi connectivity index (χ2v) is 9.73. The molecule has 8 heteroatoms. The molecule has 0 bridgehead atoms. The van der Waals surface area contributed by atoms with E-state index in [2.05, 4.69) is 35.8 Å². The van der Waals surface area contributed by atoms with Crippen molar-refractivity contribution >= 4 is 10.0 Å². The smallest absolute Gasteiger partial charge is 0.243 e. The van der Waals surface area contributed by atoms with Crippen LogP contribution in [-0.4, -0.2) is 53.9 Å². The third-order valence-corrected chi connectivity index (χ3v) is 7.75. The van der Waals surface area contributed by atoms with Gasteiger partial charge in [0.15, 0.2) is 5.82 Å². The van der Waals surface area contributed by atoms with Gasteiger partial charge in [-0.2, -0.15) is 9.29 Å². The summed E-state index contributed by atoms with van der Waals surface area (Å²) in [6.45, 7) is 10.6. The van der Waals surface area contributed by atoms with Crippen LogP contribution in [0.25, 0.3) is 0 Å². The largest absolute Gasteiger partial charge is 0.338 e. The van der Waals surface area contributed by atoms with Crippen LogP contribution in [-0.2, 0) is 16.4 Å². The number of hydrogen-bond donors (Lipinski definition) is 0. The van der Waals surface area contributed by atoms with Crippen LogP contribution in [0.15, 0.2) is 33.7 Å². The van der Waals surface area contributed by atoms with E-state index in [1.165, 1.54) is 5.56 Å². The third kappa shape index (κ3) is 4.87. The van der Waals surface area contributed by atoms with Gasteiger partial charge < -0.3 is 4.52 Å². The Kier molecular flexibility index (Phi) is 7.08. The molecule has 1 aromatic heterocycles. The van der Waals surface area contributed by atoms with E-state index in [4.69, 9.17) is 4.52 Å². The molecule has 160 valence electrons. The number of sulfonamides is 1. The Hall–Kier alpha value is -1.77. The highest BCUT2D eigenvalue weighted by Crippen LogP contribution is 2.25. The minimum atomic E-state index is -3.47. The molecule has 2 unspecified atom stereocenters. The molecule has 0 radical (unpaired) electrons. The standard InChI is InChI=1S/C21H32N4O3S/c1-5-7-20-22-21(28-23-20)17(4)24-12-14-25(15-13-24)29(26,27)19-10-8-18(9-11-19)16(3)6-2/h8-11,16-17H,5-7,12-15H2,1-4H3. The first kappa shape index (κ1) is 21.9. The molecule has 0 saturated carbocycles. The summed E-state index contributed by atoms with van der Waals surface area (Å²) in [6, 6.07) is 7.32. The fourth-order valence-electron chi connectivity index (χ4n) is 3.60. The lowest BCUT2D eigenvalue weighted by Crippen LogP contribution is -2.49. The van der Waals surface area contributed by atoms with E-state index >= 15 is 0 Å². The van der Waals surface area contributed by atoms with Gasteiger partial charge in [-0.05, 0) is 43.4 Å². The Morgan fingerprint density at radius 1 is 1.07 bits per heavy atom. The Morgan fingerprint density at radius 3 is 2.31 bits per heavy atom. The van der Waals surface area contributed by atoms with Crippen LogP contribution >= 0.6 is 0 Å². The molecule has 29 heavy (non-hydrogen) atoms. The van der Waals surface area contributed by atoms with E-state index in [9.17, 15) is 8.42 Å². The van der Waals surface area contributed by atoms with Crippen LogP contribution in [0.4, 0.5) is 0 Å². The van der Waals surface area contributed by atoms with Gasteiger partial charge in [-0.1, -0.05) is 38.1 Å². The van der Waals surface area contributed by atoms with Crippen molar-refractivity contribution in [1.82, 2.24) is 19.3 Å². The average Bonchev–Trinajstić information content (AvgIpc) is 3.21. The van der Waals surface area contributed by atoms with Crippen LogP contribution in [0.3, 0.4) is 0 Å². The first-order valence-electron chi connectivity index (χ1n) is 10.5. The minimum Gasteiger partial charge on any atom is -0.338 e. The molecule has 0 amide bonds. The Labute approximate surface area is 174 Å². The quantitative estimate of drug-likeness (QED) is 0.649. The fourth-order valence-corrected chi connectivity index (χ4v) is 5.03. The Morgan fingerprint density at radius 2 is 1.72 bits per heavy atom. The zero-order valence-corrected chi connectivity index (χ0v) is 18.7. The molecule has 0 spiro atoms. The van der Waals surface area contributed by atoms with Crippen molar-refractivity contribution < 1.29 is 12.9 Å². The molecule has 1 aliphatic rings. The van der Waals surface area contributed by atoms with Crippen LogP contribution < -0.4 is 0 Å². The van der Waals surface area contributed by atoms with E-state index in [0.29, 0.717) is 42.9 Å². The van der Waals surface area contributed by atoms with Gasteiger partial charge in [-0.25, -0.2) is 8.42 Å². The summed E-state index contributed by atoms with van der Waals surface area (Å²) in [5.41, 5.74) is 1.17. The normalized spacial score (nSPS) is 18.6. The van der Waals surface area contributed by atoms with Crippen molar-refractivity contribution in [3.8, 4) is 0 Å². The van der Waals surface area contributed by atoms with Gasteiger partial charge >= 0.3 is 0 Å². The van der Waals surface area contributed by atoms with Gasteiger partial charge in [0, 0.05) is 32.6 Å². The predicted molar refractivity (Wildman–Crippen MR) is 112 cm³/mol. The molecule has 1 saturated heterocycles. The lowest BCUT2D eigenvalue weighted by Gasteiger charge is -2.36. The molecule has 2 atom stereocenters. The average molecular weight is 421 g/mol. The Balaban J connectivity index is 1.63. The molecule has 0 aliphatic carbocycles. The highest BCUT2D eigenvalue weighted by molar-refractivity contribution is 7.89. The highest BCUT2D eigenvalue weighted by Gasteiger charge is 2.31. The molecule has 1 fully saturated rings. The van der Waals surface area contributed by atoms with Crippen LogP contribution in [0.5, 0.6) is 0 Å². The summed E-state index contributed by atoms with van der Waals surface area (Å²) < 4.78 is 33.0. The van der Waals surface area contributed by atoms with Crippen molar-refractivity contribution in [3.63, 3.8) is 0 Å². The van der Waals surface area contributed by atoms with Gasteiger partial charge in [-0.15, -0.1) is 0 Å². The summed E-state index contributed by atoms with van der Waals surface area (Å²) in [7, 11) is -3.47. The van der Waals surface area contributed by atoms with E-state index in [1.54, 1.807) is 16.4 Å². The molecule has 1 aromatic carbocycles. The van der Waals surface area contributed by atoms with Crippen LogP contribution in [0.1, 0.15) is 69.8 Å². The lowest BCUT2D eigenvalue weighted by atomic mass is 9.99. The summed E-state index contributed by atoms with van der Waals surface area (Å²) in [4.78, 5) is 7.03. The topological polar surface area (TPSA) is 79.5 Å². The summed E-state index contributed by atoms with van der Waals surface area (Å²) in [6.07, 6.45) is 2.81. The zero-order chi connectivity index (χ0) is 21.0. The number of nitrogens with zero attached hydrogens (tertiary/aromatic N) is 4. The first-order valence-corrected chi connectivity index (χ1v) is 12.0. The van der Waals surface area contributed by atoms with E-state index in [-0.39, 0.29) is 6.04 Å². The molecule has 3 rings (SSSR count). The van der Waals surface area contributed by atoms with Crippen molar-refractivity contribution in [3.05, 3.63) is 41.5 Å². The van der Waals surface area contributed by atoms with Crippen molar-refractivity contribution in [2.45, 2.75) is 63.8 Å². The zero-order valence-electron chi connectivity index (χ0n) is 17.8. The van der Waals surface area contributed by atoms with Crippen LogP contribution in [0, 0.1) is 0 Å². The summed E-state index contributed by atoms with van der Waals surface area (Å²) in [5.74, 6) is 1.76. The van der Waals surface area contributed by atoms with Crippen molar-refractivity contribution in [2.75, 3.05) is 26.2 Å². The fraction of sp³-hybridized carbons (Fsp3) is 0.619. The van der Waals surface area contributed by atoms with Crippen molar-refractivity contribution in [2.24, 2.45) is 0 Å². The number of piperazine rings is 1. The monoisotopic (exact) mass is 420 g/mol. The van der Waals surface area contributed by atoms with Crippen LogP contribution in [0.2, 0.25) is 0 Å². The summed E-state index contributed by atoms with van der Waals surface area (Å²) in [5, 5.41) is 4.02. The van der Waals surface area contributed by atoms with Gasteiger partial charge in [-0.3, -0.25) is 4.90 Å². The van der Waals surface area contributed by atoms with Gasteiger partial charge in [0.25, 0.3) is 0 Å². The number of aryl methyl sites for hydroxylation is 1. The lowest BCUT2D eigenvalue weighted by molar-refractivity contribution is 0.124. The molecule has 2 heterocycles. The van der Waals surface area contributed by atoms with E-state index < -0.39 is 10.0 Å². The number of hydrogen-bond acceptors (Lipinski definition) is 6. The number of aromatic nitrogens is 2. The van der Waals surface area contributed by atoms with Gasteiger partial charge in [0.2, 0.25) is 15.9 Å². The van der Waals surface area contributed by atoms with E-state index in [1.807, 2.05) is 19.1 Å². The number of rotatable bonds is 8. The minimum absolute atomic E-state index is 0.0206. The second kappa shape index (κ2) is 9.36. The Bertz CT molecular complexity index is 887. The second-order valence-electron chi connectivity index (χ2n) is 7.79. The maximum Gasteiger partial charge on any atom is 0.243 e. The summed E-state index contributed by atoms with van der Waals surface area (Å²) >= 11 is 0.